The van der Waals surface area contributed by atoms with Gasteiger partial charge in [-0.1, -0.05) is 24.3 Å². The van der Waals surface area contributed by atoms with E-state index in [1.165, 1.54) is 22.3 Å². The number of aromatic nitrogens is 1. The molecular formula is C21H22N2O. The molecule has 3 heteroatoms. The molecule has 122 valence electrons. The fourth-order valence-corrected chi connectivity index (χ4v) is 2.57. The highest BCUT2D eigenvalue weighted by molar-refractivity contribution is 5.45. The van der Waals surface area contributed by atoms with E-state index in [0.717, 1.165) is 23.9 Å². The number of rotatable bonds is 5. The third kappa shape index (κ3) is 3.93. The first-order valence-electron chi connectivity index (χ1n) is 8.11. The zero-order valence-electron chi connectivity index (χ0n) is 14.3. The van der Waals surface area contributed by atoms with Crippen LogP contribution in [-0.2, 0) is 6.54 Å². The molecule has 3 rings (SSSR count). The van der Waals surface area contributed by atoms with E-state index < -0.39 is 0 Å². The lowest BCUT2D eigenvalue weighted by atomic mass is 10.1. The van der Waals surface area contributed by atoms with Crippen LogP contribution in [0.2, 0.25) is 0 Å². The average molecular weight is 318 g/mol. The molecule has 3 aromatic rings. The normalized spacial score (nSPS) is 10.5. The van der Waals surface area contributed by atoms with E-state index in [-0.39, 0.29) is 0 Å². The summed E-state index contributed by atoms with van der Waals surface area (Å²) in [7, 11) is 0. The number of nitrogens with zero attached hydrogens (tertiary/aromatic N) is 1. The summed E-state index contributed by atoms with van der Waals surface area (Å²) >= 11 is 0. The second kappa shape index (κ2) is 7.18. The molecular weight excluding hydrogens is 296 g/mol. The standard InChI is InChI=1S/C21H22N2O/c1-15-12-16(2)17(3)20(13-15)24-19-9-7-18(8-10-19)14-23-21-6-4-5-11-22-21/h4-13H,14H2,1-3H3,(H,22,23). The Balaban J connectivity index is 1.67. The van der Waals surface area contributed by atoms with Crippen LogP contribution < -0.4 is 10.1 Å². The smallest absolute Gasteiger partial charge is 0.130 e. The van der Waals surface area contributed by atoms with Crippen molar-refractivity contribution >= 4 is 5.82 Å². The Morgan fingerprint density at radius 1 is 0.958 bits per heavy atom. The summed E-state index contributed by atoms with van der Waals surface area (Å²) in [5, 5.41) is 3.30. The quantitative estimate of drug-likeness (QED) is 0.683. The predicted molar refractivity (Wildman–Crippen MR) is 98.7 cm³/mol. The van der Waals surface area contributed by atoms with Crippen LogP contribution in [0.5, 0.6) is 11.5 Å². The van der Waals surface area contributed by atoms with E-state index in [4.69, 9.17) is 4.74 Å². The van der Waals surface area contributed by atoms with E-state index in [1.807, 2.05) is 30.3 Å². The lowest BCUT2D eigenvalue weighted by molar-refractivity contribution is 0.478. The first-order chi connectivity index (χ1) is 11.6. The third-order valence-corrected chi connectivity index (χ3v) is 4.05. The highest BCUT2D eigenvalue weighted by Gasteiger charge is 2.05. The summed E-state index contributed by atoms with van der Waals surface area (Å²) < 4.78 is 6.06. The number of nitrogens with one attached hydrogen (secondary N) is 1. The molecule has 0 unspecified atom stereocenters. The molecule has 0 bridgehead atoms. The molecule has 0 fully saturated rings. The Bertz CT molecular complexity index is 811. The maximum atomic E-state index is 6.06. The molecule has 3 nitrogen and oxygen atoms in total. The van der Waals surface area contributed by atoms with Crippen molar-refractivity contribution in [2.75, 3.05) is 5.32 Å². The van der Waals surface area contributed by atoms with Crippen LogP contribution in [0.25, 0.3) is 0 Å². The van der Waals surface area contributed by atoms with Gasteiger partial charge in [-0.2, -0.15) is 0 Å². The molecule has 0 amide bonds. The van der Waals surface area contributed by atoms with E-state index in [2.05, 4.69) is 55.3 Å². The first-order valence-corrected chi connectivity index (χ1v) is 8.11. The largest absolute Gasteiger partial charge is 0.457 e. The van der Waals surface area contributed by atoms with Crippen molar-refractivity contribution in [2.45, 2.75) is 27.3 Å². The van der Waals surface area contributed by atoms with Gasteiger partial charge in [0.05, 0.1) is 0 Å². The monoisotopic (exact) mass is 318 g/mol. The number of benzene rings is 2. The maximum absolute atomic E-state index is 6.06. The van der Waals surface area contributed by atoms with Crippen LogP contribution in [0.4, 0.5) is 5.82 Å². The lowest BCUT2D eigenvalue weighted by Gasteiger charge is -2.12. The summed E-state index contributed by atoms with van der Waals surface area (Å²) in [6.07, 6.45) is 1.78. The third-order valence-electron chi connectivity index (χ3n) is 4.05. The number of pyridine rings is 1. The van der Waals surface area contributed by atoms with Crippen molar-refractivity contribution in [3.05, 3.63) is 83.0 Å². The summed E-state index contributed by atoms with van der Waals surface area (Å²) in [6.45, 7) is 7.03. The van der Waals surface area contributed by atoms with Gasteiger partial charge in [0.25, 0.3) is 0 Å². The topological polar surface area (TPSA) is 34.1 Å². The number of hydrogen-bond acceptors (Lipinski definition) is 3. The highest BCUT2D eigenvalue weighted by atomic mass is 16.5. The first kappa shape index (κ1) is 16.1. The van der Waals surface area contributed by atoms with Crippen LogP contribution in [0, 0.1) is 20.8 Å². The second-order valence-corrected chi connectivity index (χ2v) is 6.02. The van der Waals surface area contributed by atoms with Crippen molar-refractivity contribution in [1.29, 1.82) is 0 Å². The van der Waals surface area contributed by atoms with Crippen molar-refractivity contribution in [3.8, 4) is 11.5 Å². The van der Waals surface area contributed by atoms with Gasteiger partial charge in [-0.15, -0.1) is 0 Å². The number of ether oxygens (including phenoxy) is 1. The van der Waals surface area contributed by atoms with Gasteiger partial charge in [0, 0.05) is 12.7 Å². The van der Waals surface area contributed by atoms with Crippen LogP contribution in [0.1, 0.15) is 22.3 Å². The highest BCUT2D eigenvalue weighted by Crippen LogP contribution is 2.28. The van der Waals surface area contributed by atoms with Crippen LogP contribution in [-0.4, -0.2) is 4.98 Å². The molecule has 0 aliphatic heterocycles. The van der Waals surface area contributed by atoms with Crippen molar-refractivity contribution in [3.63, 3.8) is 0 Å². The Morgan fingerprint density at radius 3 is 2.46 bits per heavy atom. The van der Waals surface area contributed by atoms with Crippen molar-refractivity contribution in [1.82, 2.24) is 4.98 Å². The molecule has 0 radical (unpaired) electrons. The Kier molecular flexibility index (Phi) is 4.80. The van der Waals surface area contributed by atoms with Gasteiger partial charge in [0.1, 0.15) is 17.3 Å². The summed E-state index contributed by atoms with van der Waals surface area (Å²) in [5.41, 5.74) is 4.83. The molecule has 0 spiro atoms. The molecule has 1 heterocycles. The average Bonchev–Trinajstić information content (AvgIpc) is 2.59. The molecule has 0 atom stereocenters. The Morgan fingerprint density at radius 2 is 1.75 bits per heavy atom. The summed E-state index contributed by atoms with van der Waals surface area (Å²) in [6, 6.07) is 18.3. The Hall–Kier alpha value is -2.81. The van der Waals surface area contributed by atoms with Gasteiger partial charge in [0.15, 0.2) is 0 Å². The van der Waals surface area contributed by atoms with E-state index in [9.17, 15) is 0 Å². The fraction of sp³-hybridized carbons (Fsp3) is 0.190. The molecule has 0 aliphatic rings. The molecule has 1 N–H and O–H groups in total. The van der Waals surface area contributed by atoms with Gasteiger partial charge < -0.3 is 10.1 Å². The second-order valence-electron chi connectivity index (χ2n) is 6.02. The molecule has 1 aromatic heterocycles. The van der Waals surface area contributed by atoms with Gasteiger partial charge in [-0.3, -0.25) is 0 Å². The minimum absolute atomic E-state index is 0.736. The van der Waals surface area contributed by atoms with Gasteiger partial charge in [0.2, 0.25) is 0 Å². The molecule has 2 aromatic carbocycles. The molecule has 24 heavy (non-hydrogen) atoms. The minimum atomic E-state index is 0.736. The Labute approximate surface area is 143 Å². The number of anilines is 1. The molecule has 0 saturated heterocycles. The minimum Gasteiger partial charge on any atom is -0.457 e. The fourth-order valence-electron chi connectivity index (χ4n) is 2.57. The number of hydrogen-bond donors (Lipinski definition) is 1. The van der Waals surface area contributed by atoms with Crippen molar-refractivity contribution in [2.24, 2.45) is 0 Å². The molecule has 0 aliphatic carbocycles. The zero-order valence-corrected chi connectivity index (χ0v) is 14.3. The van der Waals surface area contributed by atoms with E-state index in [0.29, 0.717) is 0 Å². The van der Waals surface area contributed by atoms with Crippen LogP contribution in [0.15, 0.2) is 60.8 Å². The van der Waals surface area contributed by atoms with Crippen LogP contribution >= 0.6 is 0 Å². The summed E-state index contributed by atoms with van der Waals surface area (Å²) in [5.74, 6) is 2.65. The SMILES string of the molecule is Cc1cc(C)c(C)c(Oc2ccc(CNc3ccccn3)cc2)c1. The molecule has 0 saturated carbocycles. The maximum Gasteiger partial charge on any atom is 0.130 e. The predicted octanol–water partition coefficient (Wildman–Crippen LogP) is 5.41. The lowest BCUT2D eigenvalue weighted by Crippen LogP contribution is -2.00. The van der Waals surface area contributed by atoms with Gasteiger partial charge >= 0.3 is 0 Å². The number of aryl methyl sites for hydroxylation is 2. The zero-order chi connectivity index (χ0) is 16.9. The van der Waals surface area contributed by atoms with E-state index in [1.54, 1.807) is 6.20 Å². The van der Waals surface area contributed by atoms with Gasteiger partial charge in [-0.05, 0) is 73.4 Å². The van der Waals surface area contributed by atoms with Crippen LogP contribution in [0.3, 0.4) is 0 Å². The van der Waals surface area contributed by atoms with E-state index >= 15 is 0 Å². The van der Waals surface area contributed by atoms with Crippen molar-refractivity contribution < 1.29 is 4.74 Å². The summed E-state index contributed by atoms with van der Waals surface area (Å²) in [4.78, 5) is 4.26. The van der Waals surface area contributed by atoms with Gasteiger partial charge in [-0.25, -0.2) is 4.98 Å².